The molecule has 6 atom stereocenters. The van der Waals surface area contributed by atoms with Crippen LogP contribution < -0.4 is 0 Å². The van der Waals surface area contributed by atoms with Gasteiger partial charge in [-0.25, -0.2) is 4.79 Å². The molecule has 7 nitrogen and oxygen atoms in total. The number of esters is 1. The van der Waals surface area contributed by atoms with Crippen LogP contribution in [0.3, 0.4) is 0 Å². The minimum Gasteiger partial charge on any atom is -0.459 e. The molecule has 0 saturated carbocycles. The fourth-order valence-corrected chi connectivity index (χ4v) is 4.15. The molecule has 0 heterocycles. The SMILES string of the molecule is CC.C[C@H](COCc1ccccc1)[C@@H](C)O.C[C@H](COCc1ccccc1)[C@@H](C)OC(=O)c1ccccc1.C[C@H](O)[C@H](C)COCc1ccccc1. The van der Waals surface area contributed by atoms with Gasteiger partial charge < -0.3 is 29.2 Å². The van der Waals surface area contributed by atoms with Crippen LogP contribution in [0.2, 0.25) is 0 Å². The molecule has 0 fully saturated rings. The Labute approximate surface area is 313 Å². The highest BCUT2D eigenvalue weighted by Crippen LogP contribution is 2.13. The average Bonchev–Trinajstić information content (AvgIpc) is 3.17. The summed E-state index contributed by atoms with van der Waals surface area (Å²) in [5.41, 5.74) is 4.06. The van der Waals surface area contributed by atoms with E-state index in [1.807, 2.05) is 151 Å². The first-order valence-electron chi connectivity index (χ1n) is 18.5. The van der Waals surface area contributed by atoms with E-state index >= 15 is 0 Å². The molecule has 4 aromatic carbocycles. The van der Waals surface area contributed by atoms with Crippen LogP contribution in [0.5, 0.6) is 0 Å². The number of carbonyl (C=O) groups is 1. The molecule has 0 spiro atoms. The van der Waals surface area contributed by atoms with Crippen molar-refractivity contribution in [3.63, 3.8) is 0 Å². The van der Waals surface area contributed by atoms with Crippen molar-refractivity contribution in [2.24, 2.45) is 17.8 Å². The molecule has 4 aromatic rings. The lowest BCUT2D eigenvalue weighted by Gasteiger charge is -2.20. The van der Waals surface area contributed by atoms with Crippen molar-refractivity contribution in [1.29, 1.82) is 0 Å². The van der Waals surface area contributed by atoms with Crippen LogP contribution in [0, 0.1) is 17.8 Å². The molecule has 0 unspecified atom stereocenters. The van der Waals surface area contributed by atoms with E-state index in [1.165, 1.54) is 11.1 Å². The van der Waals surface area contributed by atoms with Gasteiger partial charge >= 0.3 is 5.97 Å². The topological polar surface area (TPSA) is 94.5 Å². The van der Waals surface area contributed by atoms with E-state index < -0.39 is 0 Å². The number of rotatable bonds is 17. The van der Waals surface area contributed by atoms with Gasteiger partial charge in [0.05, 0.1) is 57.4 Å². The van der Waals surface area contributed by atoms with Gasteiger partial charge in [-0.05, 0) is 49.6 Å². The summed E-state index contributed by atoms with van der Waals surface area (Å²) in [4.78, 5) is 12.0. The lowest BCUT2D eigenvalue weighted by atomic mass is 10.1. The molecule has 52 heavy (non-hydrogen) atoms. The van der Waals surface area contributed by atoms with Gasteiger partial charge in [0.15, 0.2) is 0 Å². The smallest absolute Gasteiger partial charge is 0.338 e. The first-order valence-corrected chi connectivity index (χ1v) is 18.5. The van der Waals surface area contributed by atoms with Gasteiger partial charge in [0.1, 0.15) is 6.10 Å². The lowest BCUT2D eigenvalue weighted by molar-refractivity contribution is -0.000322. The molecule has 0 amide bonds. The van der Waals surface area contributed by atoms with Crippen LogP contribution >= 0.6 is 0 Å². The van der Waals surface area contributed by atoms with Crippen LogP contribution in [0.15, 0.2) is 121 Å². The van der Waals surface area contributed by atoms with E-state index in [1.54, 1.807) is 26.0 Å². The molecule has 2 N–H and O–H groups in total. The Morgan fingerprint density at radius 1 is 0.481 bits per heavy atom. The van der Waals surface area contributed by atoms with E-state index in [4.69, 9.17) is 18.9 Å². The Hall–Kier alpha value is -3.85. The Balaban J connectivity index is 0.000000396. The van der Waals surface area contributed by atoms with Crippen LogP contribution in [0.25, 0.3) is 0 Å². The highest BCUT2D eigenvalue weighted by molar-refractivity contribution is 5.89. The van der Waals surface area contributed by atoms with Crippen LogP contribution in [-0.4, -0.2) is 54.3 Å². The Bertz CT molecular complexity index is 1330. The first kappa shape index (κ1) is 46.2. The Kier molecular flexibility index (Phi) is 25.5. The van der Waals surface area contributed by atoms with Crippen molar-refractivity contribution >= 4 is 5.97 Å². The number of benzene rings is 4. The summed E-state index contributed by atoms with van der Waals surface area (Å²) in [6.07, 6.45) is -0.792. The summed E-state index contributed by atoms with van der Waals surface area (Å²) in [7, 11) is 0. The van der Waals surface area contributed by atoms with Crippen LogP contribution in [0.4, 0.5) is 0 Å². The largest absolute Gasteiger partial charge is 0.459 e. The molecule has 0 aromatic heterocycles. The second-order valence-corrected chi connectivity index (χ2v) is 12.9. The zero-order valence-electron chi connectivity index (χ0n) is 32.7. The van der Waals surface area contributed by atoms with E-state index in [0.29, 0.717) is 45.2 Å². The van der Waals surface area contributed by atoms with Crippen LogP contribution in [-0.2, 0) is 38.8 Å². The summed E-state index contributed by atoms with van der Waals surface area (Å²) in [6.45, 7) is 19.0. The predicted molar refractivity (Wildman–Crippen MR) is 212 cm³/mol. The fraction of sp³-hybridized carbons (Fsp3) is 0.444. The van der Waals surface area contributed by atoms with Crippen molar-refractivity contribution in [3.8, 4) is 0 Å². The van der Waals surface area contributed by atoms with Crippen molar-refractivity contribution in [3.05, 3.63) is 144 Å². The summed E-state index contributed by atoms with van der Waals surface area (Å²) < 4.78 is 22.1. The van der Waals surface area contributed by atoms with Gasteiger partial charge in [-0.15, -0.1) is 0 Å². The third-order valence-corrected chi connectivity index (χ3v) is 8.23. The van der Waals surface area contributed by atoms with E-state index in [2.05, 4.69) is 0 Å². The van der Waals surface area contributed by atoms with Crippen molar-refractivity contribution in [2.45, 2.75) is 93.5 Å². The standard InChI is InChI=1S/C19H22O3.2C12H18O2.C2H6/c1-15(13-21-14-17-9-5-3-6-10-17)16(2)22-19(20)18-11-7-4-8-12-18;2*1-10(11(2)13)8-14-9-12-6-4-3-5-7-12;1-2/h3-12,15-16H,13-14H2,1-2H3;2*3-7,10-11,13H,8-9H2,1-2H3;1-2H3/t15-,16-;10-,11+;10-,11-;/m111./s1. The molecule has 0 bridgehead atoms. The molecule has 4 rings (SSSR count). The first-order chi connectivity index (χ1) is 25.1. The minimum atomic E-state index is -0.300. The zero-order valence-corrected chi connectivity index (χ0v) is 32.7. The fourth-order valence-electron chi connectivity index (χ4n) is 4.15. The number of hydrogen-bond donors (Lipinski definition) is 2. The molecule has 0 saturated heterocycles. The van der Waals surface area contributed by atoms with Crippen molar-refractivity contribution in [2.75, 3.05) is 19.8 Å². The van der Waals surface area contributed by atoms with E-state index in [-0.39, 0.29) is 42.0 Å². The molecule has 286 valence electrons. The van der Waals surface area contributed by atoms with E-state index in [0.717, 1.165) is 5.56 Å². The number of aliphatic hydroxyl groups excluding tert-OH is 2. The second kappa shape index (κ2) is 28.7. The Morgan fingerprint density at radius 2 is 0.769 bits per heavy atom. The Morgan fingerprint density at radius 3 is 1.08 bits per heavy atom. The molecular weight excluding hydrogens is 652 g/mol. The molecule has 0 aliphatic heterocycles. The van der Waals surface area contributed by atoms with Gasteiger partial charge in [0.2, 0.25) is 0 Å². The summed E-state index contributed by atoms with van der Waals surface area (Å²) in [5, 5.41) is 18.5. The summed E-state index contributed by atoms with van der Waals surface area (Å²) >= 11 is 0. The molecular formula is C45H64O7. The van der Waals surface area contributed by atoms with Gasteiger partial charge in [0.25, 0.3) is 0 Å². The maximum absolute atomic E-state index is 12.0. The number of ether oxygens (including phenoxy) is 4. The normalized spacial score (nSPS) is 13.9. The highest BCUT2D eigenvalue weighted by Gasteiger charge is 2.18. The minimum absolute atomic E-state index is 0.136. The summed E-state index contributed by atoms with van der Waals surface area (Å²) in [6, 6.07) is 39.2. The number of hydrogen-bond acceptors (Lipinski definition) is 7. The van der Waals surface area contributed by atoms with Gasteiger partial charge in [-0.3, -0.25) is 0 Å². The van der Waals surface area contributed by atoms with Crippen molar-refractivity contribution < 1.29 is 34.0 Å². The lowest BCUT2D eigenvalue weighted by Crippen LogP contribution is -2.25. The quantitative estimate of drug-likeness (QED) is 0.105. The zero-order chi connectivity index (χ0) is 38.6. The average molecular weight is 717 g/mol. The maximum atomic E-state index is 12.0. The molecule has 0 aliphatic rings. The van der Waals surface area contributed by atoms with Crippen molar-refractivity contribution in [1.82, 2.24) is 0 Å². The van der Waals surface area contributed by atoms with Gasteiger partial charge in [-0.2, -0.15) is 0 Å². The number of carbonyl (C=O) groups excluding carboxylic acids is 1. The molecule has 0 aliphatic carbocycles. The van der Waals surface area contributed by atoms with Gasteiger partial charge in [0, 0.05) is 17.8 Å². The highest BCUT2D eigenvalue weighted by atomic mass is 16.5. The third kappa shape index (κ3) is 21.5. The third-order valence-electron chi connectivity index (χ3n) is 8.23. The monoisotopic (exact) mass is 716 g/mol. The molecule has 0 radical (unpaired) electrons. The molecule has 7 heteroatoms. The van der Waals surface area contributed by atoms with Gasteiger partial charge in [-0.1, -0.05) is 144 Å². The second-order valence-electron chi connectivity index (χ2n) is 12.9. The predicted octanol–water partition coefficient (Wildman–Crippen LogP) is 9.55. The van der Waals surface area contributed by atoms with Crippen LogP contribution in [0.1, 0.15) is 82.4 Å². The number of aliphatic hydroxyl groups is 2. The summed E-state index contributed by atoms with van der Waals surface area (Å²) in [5.74, 6) is 0.233. The maximum Gasteiger partial charge on any atom is 0.338 e. The van der Waals surface area contributed by atoms with E-state index in [9.17, 15) is 15.0 Å².